The molecule has 0 aromatic carbocycles. The van der Waals surface area contributed by atoms with Crippen molar-refractivity contribution >= 4 is 17.9 Å². The van der Waals surface area contributed by atoms with E-state index < -0.39 is 29.9 Å². The van der Waals surface area contributed by atoms with Gasteiger partial charge in [0.05, 0.1) is 0 Å². The number of aliphatic carboxylic acids is 1. The van der Waals surface area contributed by atoms with E-state index in [4.69, 9.17) is 34.1 Å². The molecule has 0 rings (SSSR count). The van der Waals surface area contributed by atoms with E-state index in [0.717, 1.165) is 30.6 Å². The maximum atomic E-state index is 11.7. The highest BCUT2D eigenvalue weighted by Gasteiger charge is 2.40. The number of guanidine groups is 2. The van der Waals surface area contributed by atoms with Gasteiger partial charge in [0, 0.05) is 6.54 Å². The summed E-state index contributed by atoms with van der Waals surface area (Å²) in [5, 5.41) is 21.2. The minimum Gasteiger partial charge on any atom is -0.480 e. The number of nitrogens with one attached hydrogen (secondary N) is 2. The first-order valence-corrected chi connectivity index (χ1v) is 23.0. The van der Waals surface area contributed by atoms with Crippen LogP contribution in [0, 0.1) is 11.3 Å². The van der Waals surface area contributed by atoms with Crippen LogP contribution in [0.15, 0.2) is 29.3 Å². The van der Waals surface area contributed by atoms with E-state index in [1.54, 1.807) is 6.92 Å². The number of nitrogens with two attached hydrogens (primary N) is 5. The predicted molar refractivity (Wildman–Crippen MR) is 241 cm³/mol. The van der Waals surface area contributed by atoms with Crippen molar-refractivity contribution in [2.75, 3.05) is 6.54 Å². The zero-order valence-corrected chi connectivity index (χ0v) is 36.6. The van der Waals surface area contributed by atoms with E-state index in [1.165, 1.54) is 167 Å². The highest BCUT2D eigenvalue weighted by atomic mass is 16.4. The van der Waals surface area contributed by atoms with Crippen molar-refractivity contribution in [1.29, 1.82) is 5.41 Å². The van der Waals surface area contributed by atoms with Crippen LogP contribution in [0.5, 0.6) is 0 Å². The van der Waals surface area contributed by atoms with E-state index >= 15 is 0 Å². The lowest BCUT2D eigenvalue weighted by molar-refractivity contribution is -0.140. The standard InChI is InChI=1S/C45H91N9O2/c1-4-6-8-10-12-14-16-18-20-22-24-26-28-30-32-34-36-39(37-35-33-31-29-27-25-23-21-19-17-15-13-11-9-7-5-2)38-52-45(3,53-43(48)49)54(44(50)51)41(47)40(46)42(55)56/h18-21,39-41,52H,4-17,22-38,46-47H2,1-3H3,(H3,50,51)(H,55,56)(H4,48,49,53)/b20-18-,21-19-. The van der Waals surface area contributed by atoms with Crippen LogP contribution in [0.1, 0.15) is 213 Å². The van der Waals surface area contributed by atoms with E-state index in [1.807, 2.05) is 0 Å². The molecular weight excluding hydrogens is 699 g/mol. The Hall–Kier alpha value is -2.63. The molecule has 3 atom stereocenters. The molecule has 0 aliphatic carbocycles. The van der Waals surface area contributed by atoms with Gasteiger partial charge in [-0.15, -0.1) is 0 Å². The number of rotatable bonds is 40. The van der Waals surface area contributed by atoms with Gasteiger partial charge >= 0.3 is 5.97 Å². The molecule has 0 bridgehead atoms. The Bertz CT molecular complexity index is 991. The Morgan fingerprint density at radius 3 is 1.30 bits per heavy atom. The maximum Gasteiger partial charge on any atom is 0.324 e. The molecule has 0 aromatic heterocycles. The van der Waals surface area contributed by atoms with Crippen molar-refractivity contribution in [3.05, 3.63) is 24.3 Å². The summed E-state index contributed by atoms with van der Waals surface area (Å²) >= 11 is 0. The number of carboxylic acid groups (broad SMARTS) is 1. The van der Waals surface area contributed by atoms with E-state index in [-0.39, 0.29) is 5.96 Å². The molecule has 0 spiro atoms. The number of carboxylic acids is 1. The molecule has 0 amide bonds. The molecule has 0 fully saturated rings. The SMILES string of the molecule is CCCCCCCC/C=C\CCCCCCCCC(CCCCCCCC/C=C\CCCCCCCC)CNC(C)(N=C(N)N)N(C(=N)N)C(N)C(N)C(=O)O. The smallest absolute Gasteiger partial charge is 0.324 e. The van der Waals surface area contributed by atoms with Crippen molar-refractivity contribution in [1.82, 2.24) is 10.2 Å². The zero-order chi connectivity index (χ0) is 41.7. The second-order valence-corrected chi connectivity index (χ2v) is 16.4. The Morgan fingerprint density at radius 2 is 0.982 bits per heavy atom. The lowest BCUT2D eigenvalue weighted by Gasteiger charge is -2.44. The van der Waals surface area contributed by atoms with Crippen LogP contribution in [0.25, 0.3) is 0 Å². The van der Waals surface area contributed by atoms with Crippen molar-refractivity contribution < 1.29 is 9.90 Å². The van der Waals surface area contributed by atoms with E-state index in [0.29, 0.717) is 12.5 Å². The summed E-state index contributed by atoms with van der Waals surface area (Å²) in [6, 6.07) is -1.51. The Morgan fingerprint density at radius 1 is 0.643 bits per heavy atom. The van der Waals surface area contributed by atoms with Crippen LogP contribution in [0.2, 0.25) is 0 Å². The second-order valence-electron chi connectivity index (χ2n) is 16.4. The van der Waals surface area contributed by atoms with Crippen LogP contribution in [0.4, 0.5) is 0 Å². The molecule has 0 aromatic rings. The lowest BCUT2D eigenvalue weighted by atomic mass is 9.93. The third kappa shape index (κ3) is 29.6. The van der Waals surface area contributed by atoms with Gasteiger partial charge in [0.1, 0.15) is 12.2 Å². The van der Waals surface area contributed by atoms with Crippen LogP contribution in [-0.4, -0.2) is 52.4 Å². The van der Waals surface area contributed by atoms with E-state index in [9.17, 15) is 9.90 Å². The molecule has 0 saturated carbocycles. The Labute approximate surface area is 344 Å². The average molecular weight is 790 g/mol. The van der Waals surface area contributed by atoms with Crippen LogP contribution < -0.4 is 34.0 Å². The minimum atomic E-state index is -1.51. The number of hydrogen-bond donors (Lipinski definition) is 8. The van der Waals surface area contributed by atoms with Gasteiger partial charge in [-0.05, 0) is 77.0 Å². The first kappa shape index (κ1) is 53.4. The van der Waals surface area contributed by atoms with Crippen LogP contribution in [-0.2, 0) is 4.79 Å². The monoisotopic (exact) mass is 790 g/mol. The molecule has 0 aliphatic rings. The summed E-state index contributed by atoms with van der Waals surface area (Å²) in [6.07, 6.45) is 46.1. The highest BCUT2D eigenvalue weighted by Crippen LogP contribution is 2.23. The van der Waals surface area contributed by atoms with Gasteiger partial charge in [-0.2, -0.15) is 0 Å². The molecule has 0 heterocycles. The fourth-order valence-corrected chi connectivity index (χ4v) is 7.47. The number of hydrogen-bond acceptors (Lipinski definition) is 6. The van der Waals surface area contributed by atoms with Gasteiger partial charge < -0.3 is 33.8 Å². The molecule has 0 saturated heterocycles. The number of carbonyl (C=O) groups is 1. The van der Waals surface area contributed by atoms with Gasteiger partial charge in [-0.3, -0.25) is 20.4 Å². The fraction of sp³-hybridized carbons (Fsp3) is 0.844. The van der Waals surface area contributed by atoms with Gasteiger partial charge in [-0.1, -0.05) is 167 Å². The van der Waals surface area contributed by atoms with Gasteiger partial charge in [0.25, 0.3) is 0 Å². The van der Waals surface area contributed by atoms with Crippen LogP contribution in [0.3, 0.4) is 0 Å². The molecule has 13 N–H and O–H groups in total. The van der Waals surface area contributed by atoms with Gasteiger partial charge in [0.15, 0.2) is 17.7 Å². The minimum absolute atomic E-state index is 0.236. The number of aliphatic imine (C=N–C) groups is 1. The van der Waals surface area contributed by atoms with Gasteiger partial charge in [0.2, 0.25) is 0 Å². The topological polar surface area (TPSA) is 219 Å². The Kier molecular flexibility index (Phi) is 35.0. The normalized spacial score (nSPS) is 14.0. The van der Waals surface area contributed by atoms with Crippen molar-refractivity contribution in [2.24, 2.45) is 39.6 Å². The first-order valence-electron chi connectivity index (χ1n) is 23.0. The number of allylic oxidation sites excluding steroid dienone is 4. The molecule has 11 nitrogen and oxygen atoms in total. The summed E-state index contributed by atoms with van der Waals surface area (Å²) in [7, 11) is 0. The quantitative estimate of drug-likeness (QED) is 0.00972. The zero-order valence-electron chi connectivity index (χ0n) is 36.6. The van der Waals surface area contributed by atoms with Crippen molar-refractivity contribution in [2.45, 2.75) is 231 Å². The van der Waals surface area contributed by atoms with E-state index in [2.05, 4.69) is 48.5 Å². The van der Waals surface area contributed by atoms with Crippen molar-refractivity contribution in [3.8, 4) is 0 Å². The predicted octanol–water partition coefficient (Wildman–Crippen LogP) is 9.89. The Balaban J connectivity index is 4.91. The molecule has 0 radical (unpaired) electrons. The second kappa shape index (κ2) is 36.7. The molecular formula is C45H91N9O2. The fourth-order valence-electron chi connectivity index (χ4n) is 7.47. The first-order chi connectivity index (χ1) is 27.0. The summed E-state index contributed by atoms with van der Waals surface area (Å²) in [6.45, 7) is 6.74. The van der Waals surface area contributed by atoms with Crippen LogP contribution >= 0.6 is 0 Å². The summed E-state index contributed by atoms with van der Waals surface area (Å²) in [4.78, 5) is 17.2. The lowest BCUT2D eigenvalue weighted by Crippen LogP contribution is -2.70. The third-order valence-corrected chi connectivity index (χ3v) is 11.0. The molecule has 0 aliphatic heterocycles. The average Bonchev–Trinajstić information content (AvgIpc) is 3.15. The molecule has 56 heavy (non-hydrogen) atoms. The molecule has 328 valence electrons. The summed E-state index contributed by atoms with van der Waals surface area (Å²) in [5.74, 6) is -3.14. The summed E-state index contributed by atoms with van der Waals surface area (Å²) in [5.41, 5.74) is 29.7. The summed E-state index contributed by atoms with van der Waals surface area (Å²) < 4.78 is 0. The van der Waals surface area contributed by atoms with Gasteiger partial charge in [-0.25, -0.2) is 4.99 Å². The van der Waals surface area contributed by atoms with Crippen molar-refractivity contribution in [3.63, 3.8) is 0 Å². The maximum absolute atomic E-state index is 11.7. The highest BCUT2D eigenvalue weighted by molar-refractivity contribution is 5.80. The molecule has 11 heteroatoms. The largest absolute Gasteiger partial charge is 0.480 e. The number of unbranched alkanes of at least 4 members (excludes halogenated alkanes) is 24. The third-order valence-electron chi connectivity index (χ3n) is 11.0. The molecule has 3 unspecified atom stereocenters. The number of nitrogens with zero attached hydrogens (tertiary/aromatic N) is 2.